The van der Waals surface area contributed by atoms with Gasteiger partial charge in [-0.3, -0.25) is 10.1 Å². The van der Waals surface area contributed by atoms with E-state index >= 15 is 0 Å². The Bertz CT molecular complexity index is 1120. The highest BCUT2D eigenvalue weighted by molar-refractivity contribution is 5.65. The molecule has 0 unspecified atom stereocenters. The number of para-hydroxylation sites is 1. The molecule has 0 aliphatic rings. The van der Waals surface area contributed by atoms with Crippen molar-refractivity contribution in [3.63, 3.8) is 0 Å². The van der Waals surface area contributed by atoms with Crippen LogP contribution in [-0.2, 0) is 0 Å². The van der Waals surface area contributed by atoms with E-state index in [2.05, 4.69) is 10.1 Å². The lowest BCUT2D eigenvalue weighted by molar-refractivity contribution is -0.385. The molecule has 4 aromatic rings. The van der Waals surface area contributed by atoms with Crippen molar-refractivity contribution >= 4 is 5.69 Å². The number of phenolic OH excluding ortho intramolecular Hbond substituents is 1. The lowest BCUT2D eigenvalue weighted by Gasteiger charge is -2.06. The Morgan fingerprint density at radius 1 is 0.964 bits per heavy atom. The van der Waals surface area contributed by atoms with Crippen LogP contribution in [0.5, 0.6) is 17.2 Å². The van der Waals surface area contributed by atoms with E-state index in [1.165, 1.54) is 24.3 Å². The van der Waals surface area contributed by atoms with Crippen molar-refractivity contribution in [2.75, 3.05) is 0 Å². The summed E-state index contributed by atoms with van der Waals surface area (Å²) in [6.45, 7) is 0. The minimum absolute atomic E-state index is 0.113. The number of hydrogen-bond donors (Lipinski definition) is 1. The van der Waals surface area contributed by atoms with Gasteiger partial charge in [0.1, 0.15) is 11.5 Å². The van der Waals surface area contributed by atoms with E-state index in [1.807, 2.05) is 6.07 Å². The van der Waals surface area contributed by atoms with E-state index in [-0.39, 0.29) is 28.9 Å². The van der Waals surface area contributed by atoms with Crippen LogP contribution in [0.15, 0.2) is 77.3 Å². The Labute approximate surface area is 158 Å². The Hall–Kier alpha value is -4.20. The van der Waals surface area contributed by atoms with E-state index in [0.717, 1.165) is 0 Å². The molecule has 8 heteroatoms. The van der Waals surface area contributed by atoms with Gasteiger partial charge in [0.2, 0.25) is 11.6 Å². The number of hydrogen-bond acceptors (Lipinski definition) is 7. The van der Waals surface area contributed by atoms with E-state index in [1.54, 1.807) is 42.5 Å². The molecule has 1 heterocycles. The van der Waals surface area contributed by atoms with E-state index in [4.69, 9.17) is 9.26 Å². The molecule has 0 spiro atoms. The Balaban J connectivity index is 1.66. The predicted octanol–water partition coefficient (Wildman–Crippen LogP) is 4.81. The molecule has 0 saturated carbocycles. The minimum Gasteiger partial charge on any atom is -0.508 e. The SMILES string of the molecule is O=[N+]([O-])c1cc(-c2noc(-c3ccc(O)cc3)n2)ccc1Oc1ccccc1. The van der Waals surface area contributed by atoms with Crippen LogP contribution >= 0.6 is 0 Å². The molecule has 138 valence electrons. The molecule has 0 aliphatic carbocycles. The molecule has 0 amide bonds. The summed E-state index contributed by atoms with van der Waals surface area (Å²) in [5, 5.41) is 24.7. The fourth-order valence-corrected chi connectivity index (χ4v) is 2.56. The summed E-state index contributed by atoms with van der Waals surface area (Å²) in [6, 6.07) is 19.5. The van der Waals surface area contributed by atoms with Crippen molar-refractivity contribution < 1.29 is 19.3 Å². The van der Waals surface area contributed by atoms with Crippen molar-refractivity contribution in [2.45, 2.75) is 0 Å². The summed E-state index contributed by atoms with van der Waals surface area (Å²) in [5.74, 6) is 1.17. The summed E-state index contributed by atoms with van der Waals surface area (Å²) in [5.41, 5.74) is 0.827. The van der Waals surface area contributed by atoms with Gasteiger partial charge in [-0.1, -0.05) is 23.4 Å². The third-order valence-corrected chi connectivity index (χ3v) is 3.93. The van der Waals surface area contributed by atoms with Gasteiger partial charge in [0, 0.05) is 17.2 Å². The number of nitro groups is 1. The first-order valence-corrected chi connectivity index (χ1v) is 8.25. The first-order valence-electron chi connectivity index (χ1n) is 8.25. The molecule has 4 rings (SSSR count). The summed E-state index contributed by atoms with van der Waals surface area (Å²) in [6.07, 6.45) is 0. The molecule has 8 nitrogen and oxygen atoms in total. The molecular weight excluding hydrogens is 362 g/mol. The maximum atomic E-state index is 11.5. The summed E-state index contributed by atoms with van der Waals surface area (Å²) in [7, 11) is 0. The number of benzene rings is 3. The van der Waals surface area contributed by atoms with Crippen molar-refractivity contribution in [3.8, 4) is 40.1 Å². The Kier molecular flexibility index (Phi) is 4.43. The van der Waals surface area contributed by atoms with Gasteiger partial charge in [0.25, 0.3) is 5.89 Å². The monoisotopic (exact) mass is 375 g/mol. The van der Waals surface area contributed by atoms with Crippen molar-refractivity contribution in [1.82, 2.24) is 10.1 Å². The van der Waals surface area contributed by atoms with Gasteiger partial charge in [-0.05, 0) is 48.5 Å². The van der Waals surface area contributed by atoms with E-state index in [9.17, 15) is 15.2 Å². The quantitative estimate of drug-likeness (QED) is 0.393. The van der Waals surface area contributed by atoms with Gasteiger partial charge in [-0.15, -0.1) is 0 Å². The lowest BCUT2D eigenvalue weighted by Crippen LogP contribution is -1.94. The average molecular weight is 375 g/mol. The van der Waals surface area contributed by atoms with Crippen LogP contribution in [0.2, 0.25) is 0 Å². The maximum Gasteiger partial charge on any atom is 0.312 e. The van der Waals surface area contributed by atoms with Crippen LogP contribution in [-0.4, -0.2) is 20.2 Å². The molecule has 0 atom stereocenters. The number of nitrogens with zero attached hydrogens (tertiary/aromatic N) is 3. The second-order valence-electron chi connectivity index (χ2n) is 5.82. The van der Waals surface area contributed by atoms with Crippen LogP contribution in [0.3, 0.4) is 0 Å². The number of nitro benzene ring substituents is 1. The topological polar surface area (TPSA) is 112 Å². The highest BCUT2D eigenvalue weighted by Crippen LogP contribution is 2.35. The second-order valence-corrected chi connectivity index (χ2v) is 5.82. The summed E-state index contributed by atoms with van der Waals surface area (Å²) in [4.78, 5) is 15.2. The molecule has 28 heavy (non-hydrogen) atoms. The average Bonchev–Trinajstić information content (AvgIpc) is 3.20. The first-order chi connectivity index (χ1) is 13.6. The zero-order valence-electron chi connectivity index (χ0n) is 14.4. The van der Waals surface area contributed by atoms with Gasteiger partial charge in [-0.25, -0.2) is 0 Å². The zero-order chi connectivity index (χ0) is 19.5. The highest BCUT2D eigenvalue weighted by atomic mass is 16.6. The Morgan fingerprint density at radius 3 is 2.39 bits per heavy atom. The molecular formula is C20H13N3O5. The van der Waals surface area contributed by atoms with Gasteiger partial charge in [0.05, 0.1) is 4.92 Å². The molecule has 0 fully saturated rings. The smallest absolute Gasteiger partial charge is 0.312 e. The van der Waals surface area contributed by atoms with Crippen LogP contribution in [0.4, 0.5) is 5.69 Å². The molecule has 1 N–H and O–H groups in total. The van der Waals surface area contributed by atoms with Crippen molar-refractivity contribution in [3.05, 3.63) is 82.9 Å². The maximum absolute atomic E-state index is 11.5. The van der Waals surface area contributed by atoms with Gasteiger partial charge in [0.15, 0.2) is 0 Å². The standard InChI is InChI=1S/C20H13N3O5/c24-15-9-6-13(7-10-15)20-21-19(22-28-20)14-8-11-18(17(12-14)23(25)26)27-16-4-2-1-3-5-16/h1-12,24H. The van der Waals surface area contributed by atoms with Crippen LogP contribution in [0, 0.1) is 10.1 Å². The summed E-state index contributed by atoms with van der Waals surface area (Å²) >= 11 is 0. The number of ether oxygens (including phenoxy) is 1. The molecule has 0 radical (unpaired) electrons. The number of aromatic hydroxyl groups is 1. The normalized spacial score (nSPS) is 10.6. The van der Waals surface area contributed by atoms with E-state index < -0.39 is 4.92 Å². The van der Waals surface area contributed by atoms with Crippen LogP contribution in [0.1, 0.15) is 0 Å². The van der Waals surface area contributed by atoms with Gasteiger partial charge in [-0.2, -0.15) is 4.98 Å². The third kappa shape index (κ3) is 3.51. The van der Waals surface area contributed by atoms with Gasteiger partial charge >= 0.3 is 5.69 Å². The molecule has 0 saturated heterocycles. The minimum atomic E-state index is -0.525. The number of rotatable bonds is 5. The van der Waals surface area contributed by atoms with Crippen molar-refractivity contribution in [1.29, 1.82) is 0 Å². The van der Waals surface area contributed by atoms with Crippen LogP contribution in [0.25, 0.3) is 22.8 Å². The number of phenols is 1. The fourth-order valence-electron chi connectivity index (χ4n) is 2.56. The van der Waals surface area contributed by atoms with Crippen LogP contribution < -0.4 is 4.74 Å². The number of aromatic nitrogens is 2. The molecule has 1 aromatic heterocycles. The molecule has 0 bridgehead atoms. The first kappa shape index (κ1) is 17.2. The fraction of sp³-hybridized carbons (Fsp3) is 0. The van der Waals surface area contributed by atoms with Gasteiger partial charge < -0.3 is 14.4 Å². The largest absolute Gasteiger partial charge is 0.508 e. The zero-order valence-corrected chi connectivity index (χ0v) is 14.4. The predicted molar refractivity (Wildman–Crippen MR) is 100 cm³/mol. The lowest BCUT2D eigenvalue weighted by atomic mass is 10.1. The third-order valence-electron chi connectivity index (χ3n) is 3.93. The summed E-state index contributed by atoms with van der Waals surface area (Å²) < 4.78 is 10.8. The highest BCUT2D eigenvalue weighted by Gasteiger charge is 2.20. The molecule has 3 aromatic carbocycles. The van der Waals surface area contributed by atoms with Crippen molar-refractivity contribution in [2.24, 2.45) is 0 Å². The van der Waals surface area contributed by atoms with E-state index in [0.29, 0.717) is 16.9 Å². The second kappa shape index (κ2) is 7.20. The Morgan fingerprint density at radius 2 is 1.68 bits per heavy atom. The molecule has 0 aliphatic heterocycles.